The Morgan fingerprint density at radius 1 is 1.32 bits per heavy atom. The summed E-state index contributed by atoms with van der Waals surface area (Å²) in [6.45, 7) is 2.85. The number of aromatic amines is 1. The van der Waals surface area contributed by atoms with Gasteiger partial charge in [-0.15, -0.1) is 11.3 Å². The van der Waals surface area contributed by atoms with Gasteiger partial charge in [0.05, 0.1) is 0 Å². The third kappa shape index (κ3) is 3.08. The first-order valence-electron chi connectivity index (χ1n) is 8.53. The maximum absolute atomic E-state index is 12.2. The van der Waals surface area contributed by atoms with Crippen molar-refractivity contribution in [3.8, 4) is 5.75 Å². The summed E-state index contributed by atoms with van der Waals surface area (Å²) < 4.78 is 0.692. The van der Waals surface area contributed by atoms with Gasteiger partial charge in [-0.1, -0.05) is 12.2 Å². The van der Waals surface area contributed by atoms with E-state index in [0.29, 0.717) is 10.7 Å². The van der Waals surface area contributed by atoms with Crippen molar-refractivity contribution in [1.82, 2.24) is 9.88 Å². The molecule has 0 spiro atoms. The van der Waals surface area contributed by atoms with Crippen molar-refractivity contribution in [3.05, 3.63) is 45.6 Å². The van der Waals surface area contributed by atoms with Gasteiger partial charge in [0.2, 0.25) is 0 Å². The lowest BCUT2D eigenvalue weighted by Crippen LogP contribution is -2.39. The van der Waals surface area contributed by atoms with E-state index in [1.54, 1.807) is 12.1 Å². The average molecular weight is 355 g/mol. The van der Waals surface area contributed by atoms with Crippen molar-refractivity contribution in [2.45, 2.75) is 18.9 Å². The van der Waals surface area contributed by atoms with Crippen LogP contribution in [0.5, 0.6) is 5.75 Å². The first kappa shape index (κ1) is 16.3. The minimum absolute atomic E-state index is 0.0808. The second-order valence-corrected chi connectivity index (χ2v) is 7.49. The molecule has 5 nitrogen and oxygen atoms in total. The van der Waals surface area contributed by atoms with E-state index in [4.69, 9.17) is 5.73 Å². The number of nitrogens with one attached hydrogen (secondary N) is 1. The van der Waals surface area contributed by atoms with E-state index >= 15 is 0 Å². The normalized spacial score (nSPS) is 17.2. The van der Waals surface area contributed by atoms with Gasteiger partial charge in [-0.25, -0.2) is 0 Å². The number of H-pyrrole nitrogens is 1. The summed E-state index contributed by atoms with van der Waals surface area (Å²) in [7, 11) is 0. The summed E-state index contributed by atoms with van der Waals surface area (Å²) in [4.78, 5) is 17.4. The van der Waals surface area contributed by atoms with Crippen LogP contribution in [-0.4, -0.2) is 40.7 Å². The minimum atomic E-state index is -0.0808. The molecule has 1 aliphatic heterocycles. The predicted octanol–water partition coefficient (Wildman–Crippen LogP) is 2.88. The third-order valence-electron chi connectivity index (χ3n) is 4.89. The number of thiophene rings is 1. The van der Waals surface area contributed by atoms with Crippen LogP contribution >= 0.6 is 11.3 Å². The third-order valence-corrected chi connectivity index (χ3v) is 5.81. The number of aromatic nitrogens is 1. The topological polar surface area (TPSA) is 82.3 Å². The molecular weight excluding hydrogens is 334 g/mol. The number of nitrogens with zero attached hydrogens (tertiary/aromatic N) is 1. The zero-order valence-electron chi connectivity index (χ0n) is 13.9. The van der Waals surface area contributed by atoms with Crippen LogP contribution < -0.4 is 11.3 Å². The van der Waals surface area contributed by atoms with E-state index in [0.717, 1.165) is 54.3 Å². The quantitative estimate of drug-likeness (QED) is 0.675. The molecule has 0 aliphatic carbocycles. The molecular formula is C19H21N3O2S. The zero-order valence-corrected chi connectivity index (χ0v) is 14.7. The van der Waals surface area contributed by atoms with E-state index in [2.05, 4.69) is 16.0 Å². The number of likely N-dealkylation sites (tertiary alicyclic amines) is 1. The molecule has 0 amide bonds. The second kappa shape index (κ2) is 6.63. The van der Waals surface area contributed by atoms with E-state index < -0.39 is 0 Å². The number of piperidine rings is 1. The summed E-state index contributed by atoms with van der Waals surface area (Å²) in [6, 6.07) is 5.66. The monoisotopic (exact) mass is 355 g/mol. The average Bonchev–Trinajstić information content (AvgIpc) is 3.09. The van der Waals surface area contributed by atoms with Crippen molar-refractivity contribution < 1.29 is 5.11 Å². The van der Waals surface area contributed by atoms with Crippen molar-refractivity contribution in [1.29, 1.82) is 0 Å². The van der Waals surface area contributed by atoms with E-state index in [1.807, 2.05) is 17.5 Å². The highest BCUT2D eigenvalue weighted by atomic mass is 32.1. The summed E-state index contributed by atoms with van der Waals surface area (Å²) in [6.07, 6.45) is 6.10. The lowest BCUT2D eigenvalue weighted by molar-refractivity contribution is 0.234. The molecule has 2 aromatic heterocycles. The predicted molar refractivity (Wildman–Crippen MR) is 104 cm³/mol. The maximum atomic E-state index is 12.2. The number of phenols is 1. The first-order valence-corrected chi connectivity index (χ1v) is 9.41. The fourth-order valence-electron chi connectivity index (χ4n) is 3.49. The minimum Gasteiger partial charge on any atom is -0.507 e. The molecule has 130 valence electrons. The van der Waals surface area contributed by atoms with E-state index in [9.17, 15) is 9.90 Å². The number of nitrogens with two attached hydrogens (primary N) is 1. The van der Waals surface area contributed by atoms with Crippen molar-refractivity contribution >= 4 is 38.4 Å². The highest BCUT2D eigenvalue weighted by Gasteiger charge is 2.15. The van der Waals surface area contributed by atoms with Crippen molar-refractivity contribution in [2.75, 3.05) is 19.6 Å². The Morgan fingerprint density at radius 2 is 2.12 bits per heavy atom. The smallest absolute Gasteiger partial charge is 0.266 e. The number of rotatable bonds is 3. The lowest BCUT2D eigenvalue weighted by Gasteiger charge is -2.28. The summed E-state index contributed by atoms with van der Waals surface area (Å²) >= 11 is 1.42. The molecule has 1 saturated heterocycles. The van der Waals surface area contributed by atoms with Crippen LogP contribution in [0.4, 0.5) is 0 Å². The van der Waals surface area contributed by atoms with Crippen LogP contribution in [0.1, 0.15) is 18.4 Å². The Hall–Kier alpha value is -2.15. The Morgan fingerprint density at radius 3 is 2.92 bits per heavy atom. The Kier molecular flexibility index (Phi) is 4.33. The number of benzene rings is 1. The van der Waals surface area contributed by atoms with Crippen LogP contribution in [0.3, 0.4) is 0 Å². The maximum Gasteiger partial charge on any atom is 0.266 e. The molecule has 4 rings (SSSR count). The standard InChI is InChI=1S/C19H21N3O2S/c20-12-5-9-22(10-6-12)8-1-2-13-16(23)4-3-15-17(13)14-7-11-25-18(14)19(24)21-15/h1-4,7,11-12,23H,5-6,8-10,20H2,(H,21,24). The molecule has 1 aliphatic rings. The van der Waals surface area contributed by atoms with Crippen LogP contribution in [0.2, 0.25) is 0 Å². The number of fused-ring (bicyclic) bond motifs is 3. The Labute approximate surface area is 149 Å². The number of aromatic hydroxyl groups is 1. The van der Waals surface area contributed by atoms with Gasteiger partial charge >= 0.3 is 0 Å². The van der Waals surface area contributed by atoms with Gasteiger partial charge in [0.15, 0.2) is 0 Å². The molecule has 4 N–H and O–H groups in total. The summed E-state index contributed by atoms with van der Waals surface area (Å²) in [5.74, 6) is 0.226. The molecule has 6 heteroatoms. The fourth-order valence-corrected chi connectivity index (χ4v) is 4.28. The lowest BCUT2D eigenvalue weighted by atomic mass is 10.0. The van der Waals surface area contributed by atoms with Gasteiger partial charge in [-0.2, -0.15) is 0 Å². The van der Waals surface area contributed by atoms with Gasteiger partial charge in [0.25, 0.3) is 5.56 Å². The van der Waals surface area contributed by atoms with Gasteiger partial charge in [-0.05, 0) is 49.5 Å². The molecule has 0 radical (unpaired) electrons. The van der Waals surface area contributed by atoms with Crippen LogP contribution in [0.25, 0.3) is 27.1 Å². The van der Waals surface area contributed by atoms with Gasteiger partial charge in [-0.3, -0.25) is 9.69 Å². The molecule has 0 bridgehead atoms. The second-order valence-electron chi connectivity index (χ2n) is 6.58. The van der Waals surface area contributed by atoms with Crippen LogP contribution in [0, 0.1) is 0 Å². The molecule has 25 heavy (non-hydrogen) atoms. The molecule has 3 aromatic rings. The van der Waals surface area contributed by atoms with Gasteiger partial charge in [0, 0.05) is 34.4 Å². The largest absolute Gasteiger partial charge is 0.507 e. The SMILES string of the molecule is NC1CCN(CC=Cc2c(O)ccc3[nH]c(=O)c4sccc4c23)CC1. The summed E-state index contributed by atoms with van der Waals surface area (Å²) in [5, 5.41) is 14.1. The fraction of sp³-hybridized carbons (Fsp3) is 0.316. The van der Waals surface area contributed by atoms with Crippen molar-refractivity contribution in [3.63, 3.8) is 0 Å². The number of pyridine rings is 1. The van der Waals surface area contributed by atoms with Gasteiger partial charge in [0.1, 0.15) is 10.4 Å². The molecule has 1 fully saturated rings. The van der Waals surface area contributed by atoms with E-state index in [1.165, 1.54) is 11.3 Å². The van der Waals surface area contributed by atoms with Crippen LogP contribution in [0.15, 0.2) is 34.4 Å². The first-order chi connectivity index (χ1) is 12.1. The van der Waals surface area contributed by atoms with Crippen molar-refractivity contribution in [2.24, 2.45) is 5.73 Å². The highest BCUT2D eigenvalue weighted by Crippen LogP contribution is 2.33. The van der Waals surface area contributed by atoms with Gasteiger partial charge < -0.3 is 15.8 Å². The highest BCUT2D eigenvalue weighted by molar-refractivity contribution is 7.17. The molecule has 1 aromatic carbocycles. The number of phenolic OH excluding ortho intramolecular Hbond substituents is 1. The Bertz CT molecular complexity index is 997. The van der Waals surface area contributed by atoms with Crippen LogP contribution in [-0.2, 0) is 0 Å². The Balaban J connectivity index is 1.71. The molecule has 0 atom stereocenters. The summed E-state index contributed by atoms with van der Waals surface area (Å²) in [5.41, 5.74) is 7.37. The van der Waals surface area contributed by atoms with E-state index in [-0.39, 0.29) is 11.3 Å². The molecule has 0 saturated carbocycles. The molecule has 3 heterocycles. The zero-order chi connectivity index (χ0) is 17.4. The number of hydrogen-bond donors (Lipinski definition) is 3. The number of hydrogen-bond acceptors (Lipinski definition) is 5. The molecule has 0 unspecified atom stereocenters.